The molecule has 0 saturated heterocycles. The highest BCUT2D eigenvalue weighted by Gasteiger charge is 2.43. The molecule has 3 aromatic carbocycles. The molecule has 5 aromatic rings. The normalized spacial score (nSPS) is 14.8. The van der Waals surface area contributed by atoms with Gasteiger partial charge >= 0.3 is 11.9 Å². The third-order valence-corrected chi connectivity index (χ3v) is 7.50. The van der Waals surface area contributed by atoms with Crippen molar-refractivity contribution in [3.05, 3.63) is 132 Å². The molecule has 10 heteroatoms. The number of hydrogen-bond donors (Lipinski definition) is 1. The van der Waals surface area contributed by atoms with E-state index in [9.17, 15) is 14.9 Å². The lowest BCUT2D eigenvalue weighted by atomic mass is 9.81. The molecule has 0 aliphatic carbocycles. The Kier molecular flexibility index (Phi) is 7.35. The van der Waals surface area contributed by atoms with Gasteiger partial charge in [-0.15, -0.1) is 0 Å². The Morgan fingerprint density at radius 2 is 1.57 bits per heavy atom. The molecule has 0 spiro atoms. The van der Waals surface area contributed by atoms with Crippen molar-refractivity contribution >= 4 is 23.3 Å². The molecule has 44 heavy (non-hydrogen) atoms. The first-order chi connectivity index (χ1) is 21.5. The van der Waals surface area contributed by atoms with Crippen LogP contribution in [0.2, 0.25) is 0 Å². The zero-order valence-corrected chi connectivity index (χ0v) is 23.8. The topological polar surface area (TPSA) is 136 Å². The monoisotopic (exact) mass is 582 g/mol. The number of nitrogens with zero attached hydrogens (tertiary/aromatic N) is 5. The number of carbonyl (C=O) groups is 2. The van der Waals surface area contributed by atoms with E-state index in [0.29, 0.717) is 16.9 Å². The minimum atomic E-state index is -0.956. The molecular weight excluding hydrogens is 556 g/mol. The molecule has 0 fully saturated rings. The minimum Gasteiger partial charge on any atom is -0.466 e. The quantitative estimate of drug-likeness (QED) is 0.276. The van der Waals surface area contributed by atoms with Crippen LogP contribution in [0, 0.1) is 11.3 Å². The van der Waals surface area contributed by atoms with Crippen molar-refractivity contribution in [1.29, 1.82) is 5.26 Å². The Morgan fingerprint density at radius 3 is 2.25 bits per heavy atom. The largest absolute Gasteiger partial charge is 0.466 e. The van der Waals surface area contributed by atoms with Crippen molar-refractivity contribution < 1.29 is 19.1 Å². The van der Waals surface area contributed by atoms with E-state index < -0.39 is 17.9 Å². The number of nitrogens with two attached hydrogens (primary N) is 1. The maximum Gasteiger partial charge on any atom is 0.355 e. The number of fused-ring (bicyclic) bond motifs is 1. The predicted octanol–water partition coefficient (Wildman–Crippen LogP) is 4.96. The molecule has 0 amide bonds. The highest BCUT2D eigenvalue weighted by Crippen LogP contribution is 2.43. The first kappa shape index (κ1) is 27.9. The smallest absolute Gasteiger partial charge is 0.355 e. The Morgan fingerprint density at radius 1 is 0.886 bits per heavy atom. The van der Waals surface area contributed by atoms with Crippen LogP contribution < -0.4 is 10.6 Å². The molecule has 216 valence electrons. The third-order valence-electron chi connectivity index (χ3n) is 7.50. The summed E-state index contributed by atoms with van der Waals surface area (Å²) in [6.45, 7) is 0. The number of methoxy groups -OCH3 is 2. The SMILES string of the molecule is COC(=O)C1=C(C(=O)OC)N(c2cccc(-c3ccnc4c(-c5ccccc5)cnn34)c2)C(N)=C(C#N)C1c1ccccc1. The Balaban J connectivity index is 1.55. The van der Waals surface area contributed by atoms with E-state index in [4.69, 9.17) is 15.2 Å². The van der Waals surface area contributed by atoms with Gasteiger partial charge in [-0.3, -0.25) is 4.90 Å². The highest BCUT2D eigenvalue weighted by atomic mass is 16.5. The fourth-order valence-electron chi connectivity index (χ4n) is 5.52. The second kappa shape index (κ2) is 11.6. The average molecular weight is 583 g/mol. The van der Waals surface area contributed by atoms with Gasteiger partial charge in [0.2, 0.25) is 0 Å². The third kappa shape index (κ3) is 4.62. The van der Waals surface area contributed by atoms with E-state index >= 15 is 0 Å². The summed E-state index contributed by atoms with van der Waals surface area (Å²) in [6, 6.07) is 29.9. The number of anilines is 1. The van der Waals surface area contributed by atoms with Gasteiger partial charge in [0.05, 0.1) is 49.2 Å². The molecule has 0 bridgehead atoms. The molecule has 2 aromatic heterocycles. The van der Waals surface area contributed by atoms with E-state index in [0.717, 1.165) is 22.4 Å². The summed E-state index contributed by atoms with van der Waals surface area (Å²) in [5.74, 6) is -2.58. The van der Waals surface area contributed by atoms with E-state index in [2.05, 4.69) is 16.2 Å². The summed E-state index contributed by atoms with van der Waals surface area (Å²) in [7, 11) is 2.43. The molecule has 0 saturated carbocycles. The molecule has 6 rings (SSSR count). The number of esters is 2. The van der Waals surface area contributed by atoms with Gasteiger partial charge in [0.25, 0.3) is 0 Å². The standard InChI is InChI=1S/C34H26N6O4/c1-43-33(41)29-28(22-12-7-4-8-13-22)25(19-35)31(36)39(30(29)34(42)44-2)24-15-9-14-23(18-24)27-16-17-37-32-26(20-38-40(27)32)21-10-5-3-6-11-21/h3-18,20,28H,36H2,1-2H3. The van der Waals surface area contributed by atoms with E-state index in [-0.39, 0.29) is 22.7 Å². The van der Waals surface area contributed by atoms with Crippen LogP contribution in [0.3, 0.4) is 0 Å². The van der Waals surface area contributed by atoms with Gasteiger partial charge in [-0.1, -0.05) is 72.8 Å². The van der Waals surface area contributed by atoms with Gasteiger partial charge in [-0.2, -0.15) is 10.4 Å². The van der Waals surface area contributed by atoms with Crippen molar-refractivity contribution in [1.82, 2.24) is 14.6 Å². The number of allylic oxidation sites excluding steroid dienone is 1. The molecular formula is C34H26N6O4. The lowest BCUT2D eigenvalue weighted by molar-refractivity contribution is -0.139. The van der Waals surface area contributed by atoms with Gasteiger partial charge in [0.15, 0.2) is 5.65 Å². The zero-order valence-electron chi connectivity index (χ0n) is 23.8. The molecule has 3 heterocycles. The minimum absolute atomic E-state index is 0.0168. The van der Waals surface area contributed by atoms with Gasteiger partial charge in [-0.05, 0) is 29.3 Å². The maximum atomic E-state index is 13.5. The van der Waals surface area contributed by atoms with Crippen molar-refractivity contribution in [3.8, 4) is 28.5 Å². The lowest BCUT2D eigenvalue weighted by Gasteiger charge is -2.36. The number of hydrogen-bond acceptors (Lipinski definition) is 9. The summed E-state index contributed by atoms with van der Waals surface area (Å²) in [5.41, 5.74) is 11.5. The van der Waals surface area contributed by atoms with Crippen LogP contribution in [-0.2, 0) is 19.1 Å². The first-order valence-electron chi connectivity index (χ1n) is 13.6. The van der Waals surface area contributed by atoms with Crippen LogP contribution in [0.25, 0.3) is 28.0 Å². The van der Waals surface area contributed by atoms with Crippen LogP contribution >= 0.6 is 0 Å². The second-order valence-electron chi connectivity index (χ2n) is 9.88. The number of aromatic nitrogens is 3. The molecule has 10 nitrogen and oxygen atoms in total. The fraction of sp³-hybridized carbons (Fsp3) is 0.0882. The molecule has 1 aliphatic rings. The maximum absolute atomic E-state index is 13.5. The Labute approximate surface area is 252 Å². The Bertz CT molecular complexity index is 2010. The average Bonchev–Trinajstić information content (AvgIpc) is 3.52. The van der Waals surface area contributed by atoms with Crippen molar-refractivity contribution in [2.75, 3.05) is 19.1 Å². The van der Waals surface area contributed by atoms with Crippen molar-refractivity contribution in [2.45, 2.75) is 5.92 Å². The Hall–Kier alpha value is -6.21. The number of nitriles is 1. The molecule has 2 N–H and O–H groups in total. The van der Waals surface area contributed by atoms with E-state index in [1.54, 1.807) is 59.4 Å². The lowest BCUT2D eigenvalue weighted by Crippen LogP contribution is -2.40. The number of ether oxygens (including phenoxy) is 2. The van der Waals surface area contributed by atoms with Crippen molar-refractivity contribution in [2.24, 2.45) is 5.73 Å². The summed E-state index contributed by atoms with van der Waals surface area (Å²) < 4.78 is 12.0. The van der Waals surface area contributed by atoms with Crippen LogP contribution in [0.5, 0.6) is 0 Å². The summed E-state index contributed by atoms with van der Waals surface area (Å²) in [5, 5.41) is 15.0. The van der Waals surface area contributed by atoms with E-state index in [1.807, 2.05) is 48.5 Å². The molecule has 1 aliphatic heterocycles. The van der Waals surface area contributed by atoms with Gasteiger partial charge in [0.1, 0.15) is 11.5 Å². The van der Waals surface area contributed by atoms with Crippen molar-refractivity contribution in [3.63, 3.8) is 0 Å². The van der Waals surface area contributed by atoms with Gasteiger partial charge in [-0.25, -0.2) is 19.1 Å². The van der Waals surface area contributed by atoms with Gasteiger partial charge < -0.3 is 15.2 Å². The van der Waals surface area contributed by atoms with Gasteiger partial charge in [0, 0.05) is 23.0 Å². The van der Waals surface area contributed by atoms with Crippen LogP contribution in [-0.4, -0.2) is 40.8 Å². The second-order valence-corrected chi connectivity index (χ2v) is 9.88. The molecule has 1 unspecified atom stereocenters. The zero-order chi connectivity index (χ0) is 30.8. The summed E-state index contributed by atoms with van der Waals surface area (Å²) in [4.78, 5) is 32.8. The summed E-state index contributed by atoms with van der Waals surface area (Å²) in [6.07, 6.45) is 3.47. The van der Waals surface area contributed by atoms with Crippen LogP contribution in [0.4, 0.5) is 5.69 Å². The fourth-order valence-corrected chi connectivity index (χ4v) is 5.52. The number of carbonyl (C=O) groups excluding carboxylic acids is 2. The molecule has 1 atom stereocenters. The van der Waals surface area contributed by atoms with Crippen LogP contribution in [0.15, 0.2) is 126 Å². The summed E-state index contributed by atoms with van der Waals surface area (Å²) >= 11 is 0. The predicted molar refractivity (Wildman–Crippen MR) is 163 cm³/mol. The van der Waals surface area contributed by atoms with E-state index in [1.165, 1.54) is 19.1 Å². The number of rotatable bonds is 6. The van der Waals surface area contributed by atoms with Crippen LogP contribution in [0.1, 0.15) is 11.5 Å². The molecule has 0 radical (unpaired) electrons. The first-order valence-corrected chi connectivity index (χ1v) is 13.6. The highest BCUT2D eigenvalue weighted by molar-refractivity contribution is 6.06. The number of benzene rings is 3.